The van der Waals surface area contributed by atoms with Crippen molar-refractivity contribution in [2.24, 2.45) is 0 Å². The quantitative estimate of drug-likeness (QED) is 0.177. The van der Waals surface area contributed by atoms with Gasteiger partial charge in [0.15, 0.2) is 0 Å². The summed E-state index contributed by atoms with van der Waals surface area (Å²) in [6.45, 7) is 4.50. The number of imide groups is 2. The number of fused-ring (bicyclic) bond motifs is 2. The van der Waals surface area contributed by atoms with Gasteiger partial charge in [-0.15, -0.1) is 0 Å². The number of hydrogen-bond donors (Lipinski definition) is 0. The third kappa shape index (κ3) is 3.66. The Hall–Kier alpha value is -4.19. The van der Waals surface area contributed by atoms with Crippen LogP contribution in [0.15, 0.2) is 96.6 Å². The molecular formula is C31H25N3O3Se. The second kappa shape index (κ2) is 8.98. The number of anilines is 4. The van der Waals surface area contributed by atoms with Gasteiger partial charge in [0, 0.05) is 0 Å². The van der Waals surface area contributed by atoms with Gasteiger partial charge in [0.05, 0.1) is 0 Å². The normalized spacial score (nSPS) is 17.6. The van der Waals surface area contributed by atoms with E-state index in [1.807, 2.05) is 12.1 Å². The van der Waals surface area contributed by atoms with Crippen molar-refractivity contribution >= 4 is 60.0 Å². The molecule has 3 aromatic carbocycles. The predicted octanol–water partition coefficient (Wildman–Crippen LogP) is 5.86. The first-order valence-corrected chi connectivity index (χ1v) is 14.0. The van der Waals surface area contributed by atoms with E-state index in [0.29, 0.717) is 5.69 Å². The number of benzene rings is 3. The molecule has 0 atom stereocenters. The zero-order valence-electron chi connectivity index (χ0n) is 21.2. The molecule has 1 fully saturated rings. The molecule has 3 heterocycles. The van der Waals surface area contributed by atoms with Crippen LogP contribution in [0, 0.1) is 0 Å². The van der Waals surface area contributed by atoms with E-state index in [4.69, 9.17) is 0 Å². The SMILES string of the molecule is CN1C(=O)/C(=C\c2ccc(N3c4ccccc4C(C)(C)c4ccccc43)[se]2)C(=O)N(c2ccccc2)C1=O. The van der Waals surface area contributed by atoms with Crippen LogP contribution < -0.4 is 9.80 Å². The van der Waals surface area contributed by atoms with E-state index in [1.165, 1.54) is 18.2 Å². The molecule has 6 nitrogen and oxygen atoms in total. The molecule has 2 aliphatic heterocycles. The van der Waals surface area contributed by atoms with Crippen LogP contribution in [0.25, 0.3) is 6.08 Å². The van der Waals surface area contributed by atoms with Crippen LogP contribution in [0.2, 0.25) is 0 Å². The first kappa shape index (κ1) is 24.2. The topological polar surface area (TPSA) is 60.9 Å². The predicted molar refractivity (Wildman–Crippen MR) is 150 cm³/mol. The van der Waals surface area contributed by atoms with Crippen molar-refractivity contribution in [3.63, 3.8) is 0 Å². The molecule has 7 heteroatoms. The Morgan fingerprint density at radius 2 is 1.26 bits per heavy atom. The van der Waals surface area contributed by atoms with Crippen LogP contribution in [-0.2, 0) is 15.0 Å². The van der Waals surface area contributed by atoms with Gasteiger partial charge in [-0.1, -0.05) is 0 Å². The summed E-state index contributed by atoms with van der Waals surface area (Å²) in [6, 6.07) is 29.0. The number of barbiturate groups is 1. The van der Waals surface area contributed by atoms with Crippen molar-refractivity contribution in [2.45, 2.75) is 19.3 Å². The van der Waals surface area contributed by atoms with E-state index in [9.17, 15) is 14.4 Å². The van der Waals surface area contributed by atoms with Crippen LogP contribution in [0.5, 0.6) is 0 Å². The van der Waals surface area contributed by atoms with Gasteiger partial charge >= 0.3 is 228 Å². The van der Waals surface area contributed by atoms with Gasteiger partial charge < -0.3 is 0 Å². The first-order valence-electron chi connectivity index (χ1n) is 12.3. The van der Waals surface area contributed by atoms with Gasteiger partial charge in [0.25, 0.3) is 0 Å². The summed E-state index contributed by atoms with van der Waals surface area (Å²) >= 11 is -0.174. The minimum absolute atomic E-state index is 0.0145. The molecule has 0 aliphatic carbocycles. The van der Waals surface area contributed by atoms with Crippen molar-refractivity contribution < 1.29 is 14.4 Å². The summed E-state index contributed by atoms with van der Waals surface area (Å²) in [5, 5.41) is 0. The summed E-state index contributed by atoms with van der Waals surface area (Å²) in [6.07, 6.45) is 1.65. The second-order valence-corrected chi connectivity index (χ2v) is 12.1. The molecule has 1 aromatic heterocycles. The fourth-order valence-corrected chi connectivity index (χ4v) is 7.29. The van der Waals surface area contributed by atoms with Crippen molar-refractivity contribution in [3.05, 3.63) is 112 Å². The van der Waals surface area contributed by atoms with Crippen molar-refractivity contribution in [1.29, 1.82) is 0 Å². The van der Waals surface area contributed by atoms with Crippen molar-refractivity contribution in [1.82, 2.24) is 4.90 Å². The van der Waals surface area contributed by atoms with Crippen LogP contribution in [0.3, 0.4) is 0 Å². The van der Waals surface area contributed by atoms with Crippen LogP contribution in [0.1, 0.15) is 29.4 Å². The van der Waals surface area contributed by atoms with Gasteiger partial charge in [-0.3, -0.25) is 0 Å². The van der Waals surface area contributed by atoms with Gasteiger partial charge in [-0.25, -0.2) is 0 Å². The van der Waals surface area contributed by atoms with E-state index in [-0.39, 0.29) is 25.5 Å². The van der Waals surface area contributed by atoms with Crippen molar-refractivity contribution in [2.75, 3.05) is 16.8 Å². The number of para-hydroxylation sites is 3. The van der Waals surface area contributed by atoms with Crippen LogP contribution >= 0.6 is 0 Å². The third-order valence-corrected chi connectivity index (χ3v) is 9.35. The number of amides is 4. The molecule has 188 valence electrons. The van der Waals surface area contributed by atoms with E-state index in [0.717, 1.165) is 30.2 Å². The third-order valence-electron chi connectivity index (χ3n) is 7.22. The van der Waals surface area contributed by atoms with Crippen LogP contribution in [0.4, 0.5) is 26.4 Å². The van der Waals surface area contributed by atoms with Gasteiger partial charge in [0.1, 0.15) is 0 Å². The Morgan fingerprint density at radius 3 is 1.89 bits per heavy atom. The molecule has 4 amide bonds. The molecule has 0 N–H and O–H groups in total. The van der Waals surface area contributed by atoms with E-state index in [1.54, 1.807) is 30.3 Å². The molecule has 1 saturated heterocycles. The molecule has 0 radical (unpaired) electrons. The minimum atomic E-state index is -0.655. The molecule has 0 bridgehead atoms. The summed E-state index contributed by atoms with van der Waals surface area (Å²) in [5.41, 5.74) is 5.04. The average Bonchev–Trinajstić information content (AvgIpc) is 3.39. The zero-order valence-corrected chi connectivity index (χ0v) is 22.9. The molecule has 0 unspecified atom stereocenters. The number of carbonyl (C=O) groups is 3. The number of nitrogens with zero attached hydrogens (tertiary/aromatic N) is 3. The van der Waals surface area contributed by atoms with Crippen LogP contribution in [-0.4, -0.2) is 44.3 Å². The van der Waals surface area contributed by atoms with E-state index < -0.39 is 17.8 Å². The Balaban J connectivity index is 1.42. The van der Waals surface area contributed by atoms with Gasteiger partial charge in [-0.05, 0) is 0 Å². The monoisotopic (exact) mass is 567 g/mol. The fourth-order valence-electron chi connectivity index (χ4n) is 5.23. The average molecular weight is 567 g/mol. The summed E-state index contributed by atoms with van der Waals surface area (Å²) in [4.78, 5) is 43.6. The molecule has 6 rings (SSSR count). The maximum absolute atomic E-state index is 13.4. The molecular weight excluding hydrogens is 541 g/mol. The number of rotatable bonds is 3. The Labute approximate surface area is 227 Å². The number of likely N-dealkylation sites (N-methyl/N-ethyl adjacent to an activating group) is 1. The fraction of sp³-hybridized carbons (Fsp3) is 0.129. The Bertz CT molecular complexity index is 1590. The second-order valence-electron chi connectivity index (χ2n) is 9.85. The summed E-state index contributed by atoms with van der Waals surface area (Å²) < 4.78 is 2.00. The number of hydrogen-bond acceptors (Lipinski definition) is 4. The maximum atomic E-state index is 13.4. The molecule has 0 saturated carbocycles. The Morgan fingerprint density at radius 1 is 0.684 bits per heavy atom. The summed E-state index contributed by atoms with van der Waals surface area (Å²) in [7, 11) is 1.40. The molecule has 38 heavy (non-hydrogen) atoms. The van der Waals surface area contributed by atoms with E-state index >= 15 is 0 Å². The number of urea groups is 1. The molecule has 0 spiro atoms. The van der Waals surface area contributed by atoms with Gasteiger partial charge in [-0.2, -0.15) is 0 Å². The molecule has 2 aliphatic rings. The zero-order chi connectivity index (χ0) is 26.6. The van der Waals surface area contributed by atoms with Crippen molar-refractivity contribution in [3.8, 4) is 0 Å². The van der Waals surface area contributed by atoms with Gasteiger partial charge in [0.2, 0.25) is 0 Å². The molecule has 4 aromatic rings. The first-order chi connectivity index (χ1) is 18.3. The number of carbonyl (C=O) groups excluding carboxylic acids is 3. The van der Waals surface area contributed by atoms with E-state index in [2.05, 4.69) is 73.3 Å². The summed E-state index contributed by atoms with van der Waals surface area (Å²) in [5.74, 6) is -1.20. The Kier molecular flexibility index (Phi) is 5.71. The standard InChI is InChI=1S/C31H25N3O3Se/c1-31(2)23-13-7-9-15-25(23)34(26-16-10-8-14-24(26)31)27-18-17-21(38-27)19-22-28(35)32(3)30(37)33(29(22)36)20-11-5-4-6-12-20/h4-19H,1-3H3/b22-19+.